The van der Waals surface area contributed by atoms with Gasteiger partial charge in [0.05, 0.1) is 12.7 Å². The predicted octanol–water partition coefficient (Wildman–Crippen LogP) is 5.09. The molecule has 0 aromatic heterocycles. The molecule has 6 rings (SSSR count). The van der Waals surface area contributed by atoms with Gasteiger partial charge in [-0.25, -0.2) is 0 Å². The molecule has 0 aromatic carbocycles. The molecule has 0 radical (unpaired) electrons. The van der Waals surface area contributed by atoms with Gasteiger partial charge in [-0.05, 0) is 74.0 Å². The van der Waals surface area contributed by atoms with Crippen LogP contribution >= 0.6 is 0 Å². The van der Waals surface area contributed by atoms with Crippen LogP contribution in [-0.2, 0) is 33.3 Å². The number of rotatable bonds is 2. The van der Waals surface area contributed by atoms with E-state index in [1.165, 1.54) is 13.8 Å². The molecule has 13 atom stereocenters. The quantitative estimate of drug-likeness (QED) is 0.460. The second kappa shape index (κ2) is 9.02. The maximum Gasteiger partial charge on any atom is 0.303 e. The lowest BCUT2D eigenvalue weighted by Gasteiger charge is -2.61. The fraction of sp³-hybridized carbons (Fsp3) is 0.903. The van der Waals surface area contributed by atoms with E-state index in [0.29, 0.717) is 18.4 Å². The lowest BCUT2D eigenvalue weighted by atomic mass is 9.43. The maximum atomic E-state index is 14.6. The minimum absolute atomic E-state index is 0.0169. The molecular formula is C31H46O7. The molecule has 0 amide bonds. The first-order valence-corrected chi connectivity index (χ1v) is 15.1. The smallest absolute Gasteiger partial charge is 0.303 e. The van der Waals surface area contributed by atoms with Gasteiger partial charge in [0.2, 0.25) is 0 Å². The van der Waals surface area contributed by atoms with Crippen molar-refractivity contribution in [1.82, 2.24) is 0 Å². The highest BCUT2D eigenvalue weighted by molar-refractivity contribution is 5.90. The lowest BCUT2D eigenvalue weighted by Crippen LogP contribution is -2.65. The van der Waals surface area contributed by atoms with Crippen LogP contribution in [0.25, 0.3) is 0 Å². The molecule has 6 fully saturated rings. The molecule has 7 nitrogen and oxygen atoms in total. The van der Waals surface area contributed by atoms with E-state index in [4.69, 9.17) is 18.9 Å². The summed E-state index contributed by atoms with van der Waals surface area (Å²) in [6.45, 7) is 12.6. The van der Waals surface area contributed by atoms with Crippen LogP contribution in [0.2, 0.25) is 0 Å². The van der Waals surface area contributed by atoms with Gasteiger partial charge in [-0.2, -0.15) is 0 Å². The van der Waals surface area contributed by atoms with E-state index < -0.39 is 17.3 Å². The second-order valence-electron chi connectivity index (χ2n) is 14.3. The highest BCUT2D eigenvalue weighted by Gasteiger charge is 2.74. The van der Waals surface area contributed by atoms with E-state index in [2.05, 4.69) is 27.7 Å². The minimum atomic E-state index is -0.758. The normalized spacial score (nSPS) is 53.5. The zero-order valence-electron chi connectivity index (χ0n) is 24.0. The molecule has 4 saturated carbocycles. The van der Waals surface area contributed by atoms with Gasteiger partial charge in [0, 0.05) is 43.4 Å². The minimum Gasteiger partial charge on any atom is -0.463 e. The van der Waals surface area contributed by atoms with Gasteiger partial charge in [-0.15, -0.1) is 0 Å². The van der Waals surface area contributed by atoms with Gasteiger partial charge in [0.25, 0.3) is 0 Å². The van der Waals surface area contributed by atoms with Crippen LogP contribution < -0.4 is 0 Å². The summed E-state index contributed by atoms with van der Waals surface area (Å²) in [5.74, 6) is 0.386. The van der Waals surface area contributed by atoms with Gasteiger partial charge in [0.1, 0.15) is 6.10 Å². The summed E-state index contributed by atoms with van der Waals surface area (Å²) in [5.41, 5.74) is -0.646. The molecule has 0 aromatic rings. The molecule has 0 bridgehead atoms. The van der Waals surface area contributed by atoms with Crippen molar-refractivity contribution in [2.75, 3.05) is 6.61 Å². The number of hydrogen-bond donors (Lipinski definition) is 0. The summed E-state index contributed by atoms with van der Waals surface area (Å²) in [4.78, 5) is 38.8. The molecule has 7 heteroatoms. The maximum absolute atomic E-state index is 14.6. The fourth-order valence-electron chi connectivity index (χ4n) is 10.7. The SMILES string of the molecule is CC(=O)O[C@H]1CC[C@@]2(C)[C@@H](CC[C@@H]3[C@@H]2C(=O)[C@@H](OC(C)=O)[C@]2(C)[C@@H]4[C@H](C[C@@H]32)O[C@]2(CC[C@H](C)CO2)[C@@H]4C)C1. The molecule has 6 aliphatic rings. The van der Waals surface area contributed by atoms with Crippen LogP contribution in [0.15, 0.2) is 0 Å². The van der Waals surface area contributed by atoms with Crippen LogP contribution in [0.5, 0.6) is 0 Å². The monoisotopic (exact) mass is 530 g/mol. The molecule has 4 aliphatic carbocycles. The zero-order chi connectivity index (χ0) is 27.2. The first-order valence-electron chi connectivity index (χ1n) is 15.1. The predicted molar refractivity (Wildman–Crippen MR) is 139 cm³/mol. The van der Waals surface area contributed by atoms with Crippen molar-refractivity contribution >= 4 is 17.7 Å². The summed E-state index contributed by atoms with van der Waals surface area (Å²) in [7, 11) is 0. The number of carbonyl (C=O) groups excluding carboxylic acids is 3. The molecule has 2 saturated heterocycles. The number of carbonyl (C=O) groups is 3. The molecule has 212 valence electrons. The Morgan fingerprint density at radius 1 is 0.947 bits per heavy atom. The molecule has 0 unspecified atom stereocenters. The van der Waals surface area contributed by atoms with Gasteiger partial charge in [-0.3, -0.25) is 14.4 Å². The van der Waals surface area contributed by atoms with E-state index in [9.17, 15) is 14.4 Å². The van der Waals surface area contributed by atoms with Crippen LogP contribution in [0.3, 0.4) is 0 Å². The first-order chi connectivity index (χ1) is 17.9. The van der Waals surface area contributed by atoms with Crippen LogP contribution in [-0.4, -0.2) is 48.4 Å². The third kappa shape index (κ3) is 3.69. The Hall–Kier alpha value is -1.47. The fourth-order valence-corrected chi connectivity index (χ4v) is 10.7. The molecule has 38 heavy (non-hydrogen) atoms. The summed E-state index contributed by atoms with van der Waals surface area (Å²) < 4.78 is 25.0. The van der Waals surface area contributed by atoms with Gasteiger partial charge in [-0.1, -0.05) is 27.7 Å². The van der Waals surface area contributed by atoms with E-state index in [-0.39, 0.29) is 64.9 Å². The Morgan fingerprint density at radius 2 is 1.68 bits per heavy atom. The molecule has 2 heterocycles. The molecule has 2 aliphatic heterocycles. The molecular weight excluding hydrogens is 484 g/mol. The van der Waals surface area contributed by atoms with E-state index in [1.54, 1.807) is 0 Å². The van der Waals surface area contributed by atoms with Crippen molar-refractivity contribution in [2.45, 2.75) is 117 Å². The average molecular weight is 531 g/mol. The second-order valence-corrected chi connectivity index (χ2v) is 14.3. The number of ether oxygens (including phenoxy) is 4. The van der Waals surface area contributed by atoms with Gasteiger partial charge in [0.15, 0.2) is 17.7 Å². The molecule has 1 spiro atoms. The van der Waals surface area contributed by atoms with E-state index in [0.717, 1.165) is 51.4 Å². The van der Waals surface area contributed by atoms with Crippen molar-refractivity contribution in [1.29, 1.82) is 0 Å². The summed E-state index contributed by atoms with van der Waals surface area (Å²) in [5, 5.41) is 0. The first kappa shape index (κ1) is 26.7. The third-order valence-corrected chi connectivity index (χ3v) is 12.3. The summed E-state index contributed by atoms with van der Waals surface area (Å²) in [6.07, 6.45) is 6.54. The van der Waals surface area contributed by atoms with Crippen LogP contribution in [0, 0.1) is 52.3 Å². The Kier molecular flexibility index (Phi) is 6.35. The highest BCUT2D eigenvalue weighted by atomic mass is 16.7. The van der Waals surface area contributed by atoms with Crippen molar-refractivity contribution in [3.8, 4) is 0 Å². The Balaban J connectivity index is 1.34. The average Bonchev–Trinajstić information content (AvgIpc) is 3.29. The van der Waals surface area contributed by atoms with Gasteiger partial charge >= 0.3 is 11.9 Å². The Bertz CT molecular complexity index is 1000. The standard InChI is InChI=1S/C31H46O7/c1-16-9-12-31(35-15-16)17(2)25-24(38-31)14-23-22-8-7-20-13-21(36-18(3)32)10-11-29(20,5)26(22)27(34)28(30(23,25)6)37-19(4)33/h16-17,20-26,28H,7-15H2,1-6H3/t16-,17+,20-,21-,22-,23-,24-,25-,26+,28+,29-,30-,31+/m0/s1. The highest BCUT2D eigenvalue weighted by Crippen LogP contribution is 2.71. The van der Waals surface area contributed by atoms with E-state index >= 15 is 0 Å². The van der Waals surface area contributed by atoms with Crippen molar-refractivity contribution in [3.05, 3.63) is 0 Å². The van der Waals surface area contributed by atoms with Crippen molar-refractivity contribution in [2.24, 2.45) is 52.3 Å². The zero-order valence-corrected chi connectivity index (χ0v) is 24.0. The molecule has 0 N–H and O–H groups in total. The number of Topliss-reactive ketones (excluding diaryl/α,β-unsaturated/α-hetero) is 1. The van der Waals surface area contributed by atoms with Gasteiger partial charge < -0.3 is 18.9 Å². The number of ketones is 1. The van der Waals surface area contributed by atoms with Crippen molar-refractivity contribution < 1.29 is 33.3 Å². The van der Waals surface area contributed by atoms with Crippen LogP contribution in [0.4, 0.5) is 0 Å². The number of hydrogen-bond acceptors (Lipinski definition) is 7. The lowest BCUT2D eigenvalue weighted by molar-refractivity contribution is -0.273. The van der Waals surface area contributed by atoms with Crippen LogP contribution in [0.1, 0.15) is 92.9 Å². The number of fused-ring (bicyclic) bond motifs is 7. The Morgan fingerprint density at radius 3 is 2.34 bits per heavy atom. The largest absolute Gasteiger partial charge is 0.463 e. The Labute approximate surface area is 227 Å². The van der Waals surface area contributed by atoms with E-state index in [1.807, 2.05) is 0 Å². The van der Waals surface area contributed by atoms with Crippen molar-refractivity contribution in [3.63, 3.8) is 0 Å². The topological polar surface area (TPSA) is 88.1 Å². The third-order valence-electron chi connectivity index (χ3n) is 12.3. The summed E-state index contributed by atoms with van der Waals surface area (Å²) in [6, 6.07) is 0. The summed E-state index contributed by atoms with van der Waals surface area (Å²) >= 11 is 0. The number of esters is 2.